The summed E-state index contributed by atoms with van der Waals surface area (Å²) in [6.07, 6.45) is 4.67. The molecule has 1 fully saturated rings. The Kier molecular flexibility index (Phi) is 5.83. The van der Waals surface area contributed by atoms with E-state index in [0.717, 1.165) is 44.7 Å². The average molecular weight is 341 g/mol. The van der Waals surface area contributed by atoms with Gasteiger partial charge >= 0.3 is 0 Å². The van der Waals surface area contributed by atoms with Crippen molar-refractivity contribution < 1.29 is 4.79 Å². The summed E-state index contributed by atoms with van der Waals surface area (Å²) in [5.41, 5.74) is 2.24. The second-order valence-corrected chi connectivity index (χ2v) is 6.61. The quantitative estimate of drug-likeness (QED) is 0.894. The summed E-state index contributed by atoms with van der Waals surface area (Å²) >= 11 is 0. The van der Waals surface area contributed by atoms with Crippen LogP contribution >= 0.6 is 0 Å². The molecule has 6 heteroatoms. The van der Waals surface area contributed by atoms with Crippen LogP contribution in [0.15, 0.2) is 42.7 Å². The van der Waals surface area contributed by atoms with Crippen LogP contribution in [0.3, 0.4) is 0 Å². The molecule has 0 aliphatic carbocycles. The number of carbonyl (C=O) groups is 1. The molecule has 0 radical (unpaired) electrons. The summed E-state index contributed by atoms with van der Waals surface area (Å²) in [6.45, 7) is 4.45. The van der Waals surface area contributed by atoms with Crippen LogP contribution in [0.5, 0.6) is 0 Å². The van der Waals surface area contributed by atoms with Gasteiger partial charge in [-0.15, -0.1) is 0 Å². The second kappa shape index (κ2) is 8.27. The summed E-state index contributed by atoms with van der Waals surface area (Å²) < 4.78 is 1.73. The molecular weight excluding hydrogens is 314 g/mol. The van der Waals surface area contributed by atoms with E-state index in [-0.39, 0.29) is 11.9 Å². The van der Waals surface area contributed by atoms with E-state index in [0.29, 0.717) is 0 Å². The minimum absolute atomic E-state index is 0.136. The Morgan fingerprint density at radius 2 is 2.00 bits per heavy atom. The minimum Gasteiger partial charge on any atom is -0.340 e. The lowest BCUT2D eigenvalue weighted by molar-refractivity contribution is -0.133. The number of rotatable bonds is 5. The van der Waals surface area contributed by atoms with Crippen LogP contribution in [0.2, 0.25) is 0 Å². The van der Waals surface area contributed by atoms with Gasteiger partial charge in [-0.1, -0.05) is 30.3 Å². The summed E-state index contributed by atoms with van der Waals surface area (Å²) in [4.78, 5) is 17.4. The zero-order valence-corrected chi connectivity index (χ0v) is 15.1. The molecule has 1 aromatic carbocycles. The lowest BCUT2D eigenvalue weighted by Gasteiger charge is -2.26. The number of hydrogen-bond acceptors (Lipinski definition) is 4. The van der Waals surface area contributed by atoms with Crippen molar-refractivity contribution in [2.24, 2.45) is 7.05 Å². The smallest absolute Gasteiger partial charge is 0.244 e. The molecule has 1 aromatic heterocycles. The van der Waals surface area contributed by atoms with Crippen LogP contribution in [0.1, 0.15) is 23.6 Å². The molecule has 1 amide bonds. The number of nitrogens with zero attached hydrogens (tertiary/aromatic N) is 4. The highest BCUT2D eigenvalue weighted by Crippen LogP contribution is 2.17. The number of nitrogens with one attached hydrogen (secondary N) is 1. The van der Waals surface area contributed by atoms with Gasteiger partial charge < -0.3 is 10.2 Å². The molecule has 134 valence electrons. The normalized spacial score (nSPS) is 17.3. The Morgan fingerprint density at radius 3 is 2.68 bits per heavy atom. The van der Waals surface area contributed by atoms with Gasteiger partial charge in [0.2, 0.25) is 5.91 Å². The standard InChI is InChI=1S/C19H27N5O/c1-20-18(17-13-21-22(2)15-17)19(25)24-10-6-9-23(11-12-24)14-16-7-4-3-5-8-16/h3-5,7-8,13,15,18,20H,6,9-12,14H2,1-2H3. The van der Waals surface area contributed by atoms with Crippen LogP contribution in [-0.4, -0.2) is 58.7 Å². The number of aromatic nitrogens is 2. The van der Waals surface area contributed by atoms with Crippen molar-refractivity contribution >= 4 is 5.91 Å². The number of aryl methyl sites for hydroxylation is 1. The highest BCUT2D eigenvalue weighted by Gasteiger charge is 2.27. The number of hydrogen-bond donors (Lipinski definition) is 1. The molecule has 1 aliphatic heterocycles. The molecular formula is C19H27N5O. The fourth-order valence-corrected chi connectivity index (χ4v) is 3.40. The Labute approximate surface area is 149 Å². The molecule has 2 aromatic rings. The van der Waals surface area contributed by atoms with Crippen LogP contribution in [0, 0.1) is 0 Å². The zero-order valence-electron chi connectivity index (χ0n) is 15.1. The first kappa shape index (κ1) is 17.6. The van der Waals surface area contributed by atoms with Crippen LogP contribution in [-0.2, 0) is 18.4 Å². The molecule has 1 atom stereocenters. The van der Waals surface area contributed by atoms with Gasteiger partial charge in [0.25, 0.3) is 0 Å². The Bertz CT molecular complexity index is 684. The fraction of sp³-hybridized carbons (Fsp3) is 0.474. The summed E-state index contributed by atoms with van der Waals surface area (Å²) in [6, 6.07) is 10.2. The van der Waals surface area contributed by atoms with Crippen molar-refractivity contribution in [1.29, 1.82) is 0 Å². The van der Waals surface area contributed by atoms with Gasteiger partial charge in [0.1, 0.15) is 6.04 Å². The predicted octanol–water partition coefficient (Wildman–Crippen LogP) is 1.42. The van der Waals surface area contributed by atoms with E-state index in [4.69, 9.17) is 0 Å². The fourth-order valence-electron chi connectivity index (χ4n) is 3.40. The number of amides is 1. The molecule has 2 heterocycles. The van der Waals surface area contributed by atoms with Crippen molar-refractivity contribution in [1.82, 2.24) is 24.9 Å². The third-order valence-electron chi connectivity index (χ3n) is 4.74. The first-order valence-electron chi connectivity index (χ1n) is 8.88. The largest absolute Gasteiger partial charge is 0.340 e. The summed E-state index contributed by atoms with van der Waals surface area (Å²) in [7, 11) is 3.70. The van der Waals surface area contributed by atoms with Gasteiger partial charge in [0, 0.05) is 51.5 Å². The maximum atomic E-state index is 13.0. The number of benzene rings is 1. The van der Waals surface area contributed by atoms with E-state index in [9.17, 15) is 4.79 Å². The summed E-state index contributed by atoms with van der Waals surface area (Å²) in [5, 5.41) is 7.33. The highest BCUT2D eigenvalue weighted by molar-refractivity contribution is 5.83. The average Bonchev–Trinajstić information content (AvgIpc) is 2.91. The van der Waals surface area contributed by atoms with Gasteiger partial charge in [-0.05, 0) is 19.0 Å². The topological polar surface area (TPSA) is 53.4 Å². The van der Waals surface area contributed by atoms with Crippen LogP contribution < -0.4 is 5.32 Å². The van der Waals surface area contributed by atoms with E-state index in [2.05, 4.69) is 39.6 Å². The van der Waals surface area contributed by atoms with Gasteiger partial charge in [-0.2, -0.15) is 5.10 Å². The number of carbonyl (C=O) groups excluding carboxylic acids is 1. The van der Waals surface area contributed by atoms with Crippen molar-refractivity contribution in [2.45, 2.75) is 19.0 Å². The molecule has 1 saturated heterocycles. The Balaban J connectivity index is 1.61. The van der Waals surface area contributed by atoms with Gasteiger partial charge in [0.05, 0.1) is 6.20 Å². The molecule has 1 aliphatic rings. The van der Waals surface area contributed by atoms with E-state index in [1.54, 1.807) is 10.9 Å². The number of likely N-dealkylation sites (N-methyl/N-ethyl adjacent to an activating group) is 1. The molecule has 0 spiro atoms. The monoisotopic (exact) mass is 341 g/mol. The zero-order chi connectivity index (χ0) is 17.6. The first-order chi connectivity index (χ1) is 12.2. The third-order valence-corrected chi connectivity index (χ3v) is 4.74. The molecule has 0 bridgehead atoms. The lowest BCUT2D eigenvalue weighted by Crippen LogP contribution is -2.41. The Morgan fingerprint density at radius 1 is 1.20 bits per heavy atom. The van der Waals surface area contributed by atoms with E-state index in [1.807, 2.05) is 31.3 Å². The minimum atomic E-state index is -0.325. The lowest BCUT2D eigenvalue weighted by atomic mass is 10.1. The SMILES string of the molecule is CNC(C(=O)N1CCCN(Cc2ccccc2)CC1)c1cnn(C)c1. The maximum absolute atomic E-state index is 13.0. The van der Waals surface area contributed by atoms with Crippen molar-refractivity contribution in [2.75, 3.05) is 33.2 Å². The van der Waals surface area contributed by atoms with E-state index >= 15 is 0 Å². The van der Waals surface area contributed by atoms with Gasteiger partial charge in [-0.25, -0.2) is 0 Å². The van der Waals surface area contributed by atoms with Crippen LogP contribution in [0.4, 0.5) is 0 Å². The second-order valence-electron chi connectivity index (χ2n) is 6.61. The highest BCUT2D eigenvalue weighted by atomic mass is 16.2. The van der Waals surface area contributed by atoms with Crippen molar-refractivity contribution in [3.63, 3.8) is 0 Å². The maximum Gasteiger partial charge on any atom is 0.244 e. The first-order valence-corrected chi connectivity index (χ1v) is 8.88. The summed E-state index contributed by atoms with van der Waals surface area (Å²) in [5.74, 6) is 0.136. The van der Waals surface area contributed by atoms with E-state index < -0.39 is 0 Å². The Hall–Kier alpha value is -2.18. The van der Waals surface area contributed by atoms with Gasteiger partial charge in [-0.3, -0.25) is 14.4 Å². The molecule has 0 saturated carbocycles. The molecule has 1 unspecified atom stereocenters. The molecule has 3 rings (SSSR count). The van der Waals surface area contributed by atoms with Crippen molar-refractivity contribution in [3.8, 4) is 0 Å². The third kappa shape index (κ3) is 4.46. The van der Waals surface area contributed by atoms with Crippen LogP contribution in [0.25, 0.3) is 0 Å². The predicted molar refractivity (Wildman–Crippen MR) is 97.9 cm³/mol. The van der Waals surface area contributed by atoms with Gasteiger partial charge in [0.15, 0.2) is 0 Å². The molecule has 1 N–H and O–H groups in total. The molecule has 25 heavy (non-hydrogen) atoms. The van der Waals surface area contributed by atoms with E-state index in [1.165, 1.54) is 5.56 Å². The molecule has 6 nitrogen and oxygen atoms in total. The van der Waals surface area contributed by atoms with Crippen molar-refractivity contribution in [3.05, 3.63) is 53.9 Å².